The summed E-state index contributed by atoms with van der Waals surface area (Å²) in [5.74, 6) is 0. The first-order chi connectivity index (χ1) is 16.1. The third-order valence-electron chi connectivity index (χ3n) is 7.93. The van der Waals surface area contributed by atoms with Crippen LogP contribution in [0.5, 0.6) is 0 Å². The van der Waals surface area contributed by atoms with Gasteiger partial charge in [-0.3, -0.25) is 0 Å². The minimum absolute atomic E-state index is 0.744. The molecule has 0 aromatic carbocycles. The van der Waals surface area contributed by atoms with Crippen molar-refractivity contribution in [2.45, 2.75) is 147 Å². The van der Waals surface area contributed by atoms with Crippen LogP contribution in [0.25, 0.3) is 0 Å². The van der Waals surface area contributed by atoms with E-state index in [0.29, 0.717) is 0 Å². The highest BCUT2D eigenvalue weighted by Crippen LogP contribution is 2.42. The molecular formula is C27H58O4Si2. The Labute approximate surface area is 209 Å². The predicted molar refractivity (Wildman–Crippen MR) is 146 cm³/mol. The molecule has 0 saturated heterocycles. The van der Waals surface area contributed by atoms with Crippen LogP contribution in [0, 0.1) is 0 Å². The monoisotopic (exact) mass is 502 g/mol. The maximum Gasteiger partial charge on any atom is 0.341 e. The molecule has 2 fully saturated rings. The van der Waals surface area contributed by atoms with Gasteiger partial charge in [0.2, 0.25) is 0 Å². The van der Waals surface area contributed by atoms with Gasteiger partial charge in [0.05, 0.1) is 0 Å². The molecule has 2 aliphatic rings. The predicted octanol–water partition coefficient (Wildman–Crippen LogP) is 8.88. The van der Waals surface area contributed by atoms with Gasteiger partial charge in [0.25, 0.3) is 0 Å². The molecule has 198 valence electrons. The summed E-state index contributed by atoms with van der Waals surface area (Å²) in [7, 11) is -0.0529. The van der Waals surface area contributed by atoms with Crippen LogP contribution in [0.15, 0.2) is 0 Å². The third kappa shape index (κ3) is 10.4. The van der Waals surface area contributed by atoms with Crippen molar-refractivity contribution in [3.63, 3.8) is 0 Å². The number of unbranched alkanes of at least 4 members (excludes halogenated alkanes) is 3. The first kappa shape index (κ1) is 31.3. The van der Waals surface area contributed by atoms with E-state index in [2.05, 4.69) is 27.7 Å². The quantitative estimate of drug-likeness (QED) is 0.165. The summed E-state index contributed by atoms with van der Waals surface area (Å²) in [6.07, 6.45) is 20.1. The zero-order chi connectivity index (χ0) is 24.4. The summed E-state index contributed by atoms with van der Waals surface area (Å²) < 4.78 is 24.2. The SMILES string of the molecule is CCCCC[Si](OC)(OC)C1CCCCC1.CCCC[Si](OCC)(OCC)C1CCCCC1. The molecule has 0 heterocycles. The summed E-state index contributed by atoms with van der Waals surface area (Å²) in [5.41, 5.74) is 1.50. The molecule has 0 spiro atoms. The van der Waals surface area contributed by atoms with Gasteiger partial charge in [0.1, 0.15) is 0 Å². The molecular weight excluding hydrogens is 444 g/mol. The van der Waals surface area contributed by atoms with Crippen LogP contribution in [-0.2, 0) is 17.7 Å². The van der Waals surface area contributed by atoms with Gasteiger partial charge in [0, 0.05) is 38.5 Å². The fourth-order valence-electron chi connectivity index (χ4n) is 6.07. The summed E-state index contributed by atoms with van der Waals surface area (Å²) >= 11 is 0. The summed E-state index contributed by atoms with van der Waals surface area (Å²) in [6, 6.07) is 2.40. The lowest BCUT2D eigenvalue weighted by Gasteiger charge is -2.39. The van der Waals surface area contributed by atoms with E-state index in [4.69, 9.17) is 17.7 Å². The van der Waals surface area contributed by atoms with Gasteiger partial charge in [-0.15, -0.1) is 0 Å². The molecule has 2 saturated carbocycles. The Kier molecular flexibility index (Phi) is 17.6. The molecule has 0 radical (unpaired) electrons. The van der Waals surface area contributed by atoms with Gasteiger partial charge >= 0.3 is 17.1 Å². The van der Waals surface area contributed by atoms with Crippen molar-refractivity contribution in [2.75, 3.05) is 27.4 Å². The first-order valence-electron chi connectivity index (χ1n) is 14.5. The van der Waals surface area contributed by atoms with Crippen LogP contribution in [0.4, 0.5) is 0 Å². The van der Waals surface area contributed by atoms with Crippen molar-refractivity contribution in [3.05, 3.63) is 0 Å². The van der Waals surface area contributed by atoms with Crippen molar-refractivity contribution < 1.29 is 17.7 Å². The Morgan fingerprint density at radius 2 is 0.970 bits per heavy atom. The molecule has 0 atom stereocenters. The fourth-order valence-corrected chi connectivity index (χ4v) is 14.1. The topological polar surface area (TPSA) is 36.9 Å². The first-order valence-corrected chi connectivity index (χ1v) is 18.7. The number of rotatable bonds is 15. The minimum Gasteiger partial charge on any atom is -0.397 e. The fraction of sp³-hybridized carbons (Fsp3) is 1.00. The van der Waals surface area contributed by atoms with E-state index in [1.807, 2.05) is 14.2 Å². The minimum atomic E-state index is -1.92. The maximum atomic E-state index is 6.23. The van der Waals surface area contributed by atoms with Gasteiger partial charge < -0.3 is 17.7 Å². The summed E-state index contributed by atoms with van der Waals surface area (Å²) in [4.78, 5) is 0. The van der Waals surface area contributed by atoms with E-state index in [1.165, 1.54) is 108 Å². The molecule has 0 N–H and O–H groups in total. The summed E-state index contributed by atoms with van der Waals surface area (Å²) in [5, 5.41) is 0. The number of hydrogen-bond acceptors (Lipinski definition) is 4. The van der Waals surface area contributed by atoms with Gasteiger partial charge in [-0.1, -0.05) is 84.5 Å². The van der Waals surface area contributed by atoms with Crippen LogP contribution < -0.4 is 0 Å². The zero-order valence-electron chi connectivity index (χ0n) is 23.2. The molecule has 0 amide bonds. The van der Waals surface area contributed by atoms with Crippen molar-refractivity contribution in [3.8, 4) is 0 Å². The third-order valence-corrected chi connectivity index (χ3v) is 16.6. The van der Waals surface area contributed by atoms with Crippen molar-refractivity contribution in [1.29, 1.82) is 0 Å². The molecule has 2 aliphatic carbocycles. The van der Waals surface area contributed by atoms with Gasteiger partial charge in [-0.2, -0.15) is 0 Å². The maximum absolute atomic E-state index is 6.23. The molecule has 6 heteroatoms. The lowest BCUT2D eigenvalue weighted by Crippen LogP contribution is -2.47. The highest BCUT2D eigenvalue weighted by atomic mass is 28.4. The average Bonchev–Trinajstić information content (AvgIpc) is 2.87. The number of hydrogen-bond donors (Lipinski definition) is 0. The van der Waals surface area contributed by atoms with Crippen LogP contribution >= 0.6 is 0 Å². The van der Waals surface area contributed by atoms with E-state index < -0.39 is 17.1 Å². The molecule has 4 nitrogen and oxygen atoms in total. The van der Waals surface area contributed by atoms with E-state index in [0.717, 1.165) is 24.3 Å². The van der Waals surface area contributed by atoms with E-state index >= 15 is 0 Å². The molecule has 0 aromatic heterocycles. The Bertz CT molecular complexity index is 441. The van der Waals surface area contributed by atoms with Gasteiger partial charge in [0.15, 0.2) is 0 Å². The smallest absolute Gasteiger partial charge is 0.341 e. The van der Waals surface area contributed by atoms with Crippen molar-refractivity contribution >= 4 is 17.1 Å². The Hall–Kier alpha value is 0.274. The molecule has 0 aromatic rings. The molecule has 0 unspecified atom stereocenters. The van der Waals surface area contributed by atoms with Crippen molar-refractivity contribution in [1.82, 2.24) is 0 Å². The molecule has 0 aliphatic heterocycles. The van der Waals surface area contributed by atoms with E-state index in [-0.39, 0.29) is 0 Å². The second-order valence-electron chi connectivity index (χ2n) is 10.1. The molecule has 2 rings (SSSR count). The second kappa shape index (κ2) is 18.5. The largest absolute Gasteiger partial charge is 0.397 e. The molecule has 33 heavy (non-hydrogen) atoms. The normalized spacial score (nSPS) is 18.7. The Morgan fingerprint density at radius 1 is 0.545 bits per heavy atom. The van der Waals surface area contributed by atoms with Crippen LogP contribution in [0.3, 0.4) is 0 Å². The van der Waals surface area contributed by atoms with Gasteiger partial charge in [-0.05, 0) is 51.6 Å². The summed E-state index contributed by atoms with van der Waals surface area (Å²) in [6.45, 7) is 10.4. The van der Waals surface area contributed by atoms with E-state index in [1.54, 1.807) is 0 Å². The molecule has 0 bridgehead atoms. The van der Waals surface area contributed by atoms with Crippen LogP contribution in [0.1, 0.15) is 124 Å². The van der Waals surface area contributed by atoms with Crippen molar-refractivity contribution in [2.24, 2.45) is 0 Å². The van der Waals surface area contributed by atoms with E-state index in [9.17, 15) is 0 Å². The standard InChI is InChI=1S/C14H30O2Si.C13H28O2Si/c1-4-7-13-17(15-5-2,16-6-3)14-11-9-8-10-12-14;1-4-5-9-12-16(14-2,15-3)13-10-7-6-8-11-13/h14H,4-13H2,1-3H3;13H,4-12H2,1-3H3. The zero-order valence-corrected chi connectivity index (χ0v) is 25.2. The Morgan fingerprint density at radius 3 is 1.36 bits per heavy atom. The van der Waals surface area contributed by atoms with Crippen LogP contribution in [-0.4, -0.2) is 44.6 Å². The average molecular weight is 503 g/mol. The second-order valence-corrected chi connectivity index (χ2v) is 17.4. The lowest BCUT2D eigenvalue weighted by molar-refractivity contribution is 0.163. The highest BCUT2D eigenvalue weighted by molar-refractivity contribution is 6.69. The van der Waals surface area contributed by atoms with Crippen LogP contribution in [0.2, 0.25) is 23.2 Å². The van der Waals surface area contributed by atoms with Gasteiger partial charge in [-0.25, -0.2) is 0 Å². The lowest BCUT2D eigenvalue weighted by atomic mass is 10.0. The highest BCUT2D eigenvalue weighted by Gasteiger charge is 2.45. The Balaban J connectivity index is 0.000000331.